The molecule has 1 heterocycles. The molecular weight excluding hydrogens is 352 g/mol. The van der Waals surface area contributed by atoms with E-state index < -0.39 is 0 Å². The lowest BCUT2D eigenvalue weighted by molar-refractivity contribution is -0.118. The zero-order chi connectivity index (χ0) is 20.1. The van der Waals surface area contributed by atoms with Gasteiger partial charge in [-0.1, -0.05) is 30.3 Å². The molecule has 1 aromatic heterocycles. The highest BCUT2D eigenvalue weighted by atomic mass is 16.2. The molecule has 0 atom stereocenters. The maximum absolute atomic E-state index is 12.8. The largest absolute Gasteiger partial charge is 0.355 e. The number of nitrogens with one attached hydrogen (secondary N) is 2. The molecule has 0 fully saturated rings. The zero-order valence-electron chi connectivity index (χ0n) is 16.3. The number of carbonyl (C=O) groups excluding carboxylic acids is 2. The summed E-state index contributed by atoms with van der Waals surface area (Å²) in [6.07, 6.45) is 1.74. The number of rotatable bonds is 6. The highest BCUT2D eigenvalue weighted by molar-refractivity contribution is 6.00. The van der Waals surface area contributed by atoms with Crippen molar-refractivity contribution in [1.29, 1.82) is 0 Å². The van der Waals surface area contributed by atoms with Crippen LogP contribution in [0.15, 0.2) is 54.7 Å². The van der Waals surface area contributed by atoms with Crippen molar-refractivity contribution in [3.8, 4) is 16.9 Å². The van der Waals surface area contributed by atoms with Crippen LogP contribution in [0.3, 0.4) is 0 Å². The van der Waals surface area contributed by atoms with Crippen molar-refractivity contribution in [1.82, 2.24) is 20.4 Å². The van der Waals surface area contributed by atoms with Gasteiger partial charge in [-0.05, 0) is 43.2 Å². The summed E-state index contributed by atoms with van der Waals surface area (Å²) in [5, 5.41) is 10.2. The molecule has 0 unspecified atom stereocenters. The van der Waals surface area contributed by atoms with Gasteiger partial charge < -0.3 is 10.6 Å². The molecule has 6 nitrogen and oxygen atoms in total. The number of hydrogen-bond acceptors (Lipinski definition) is 3. The standard InChI is InChI=1S/C22H24N4O2/c1-15-9-10-18(13-16(15)2)21-20(22(28)24-12-11-23-17(3)27)14-26(25-21)19-7-5-4-6-8-19/h4-10,13-14H,11-12H2,1-3H3,(H,23,27)(H,24,28). The summed E-state index contributed by atoms with van der Waals surface area (Å²) in [4.78, 5) is 23.8. The molecule has 0 radical (unpaired) electrons. The van der Waals surface area contributed by atoms with Gasteiger partial charge in [-0.3, -0.25) is 9.59 Å². The predicted octanol–water partition coefficient (Wildman–Crippen LogP) is 3.02. The average Bonchev–Trinajstić information content (AvgIpc) is 3.13. The number of carbonyl (C=O) groups is 2. The minimum absolute atomic E-state index is 0.123. The predicted molar refractivity (Wildman–Crippen MR) is 109 cm³/mol. The molecule has 3 aromatic rings. The lowest BCUT2D eigenvalue weighted by Crippen LogP contribution is -2.33. The van der Waals surface area contributed by atoms with Gasteiger partial charge in [0.2, 0.25) is 5.91 Å². The van der Waals surface area contributed by atoms with Crippen LogP contribution >= 0.6 is 0 Å². The SMILES string of the molecule is CC(=O)NCCNC(=O)c1cn(-c2ccccc2)nc1-c1ccc(C)c(C)c1. The van der Waals surface area contributed by atoms with E-state index >= 15 is 0 Å². The highest BCUT2D eigenvalue weighted by Gasteiger charge is 2.18. The molecule has 0 aliphatic carbocycles. The van der Waals surface area contributed by atoms with E-state index in [0.717, 1.165) is 16.8 Å². The first-order chi connectivity index (χ1) is 13.5. The van der Waals surface area contributed by atoms with Gasteiger partial charge >= 0.3 is 0 Å². The van der Waals surface area contributed by atoms with Gasteiger partial charge in [0.15, 0.2) is 0 Å². The third-order valence-corrected chi connectivity index (χ3v) is 4.54. The van der Waals surface area contributed by atoms with Gasteiger partial charge in [-0.15, -0.1) is 0 Å². The quantitative estimate of drug-likeness (QED) is 0.649. The lowest BCUT2D eigenvalue weighted by Gasteiger charge is -2.07. The number of para-hydroxylation sites is 1. The van der Waals surface area contributed by atoms with E-state index in [2.05, 4.69) is 22.7 Å². The fourth-order valence-electron chi connectivity index (χ4n) is 2.86. The van der Waals surface area contributed by atoms with Crippen LogP contribution in [-0.4, -0.2) is 34.7 Å². The molecule has 6 heteroatoms. The highest BCUT2D eigenvalue weighted by Crippen LogP contribution is 2.25. The van der Waals surface area contributed by atoms with E-state index in [9.17, 15) is 9.59 Å². The van der Waals surface area contributed by atoms with Crippen LogP contribution in [0.2, 0.25) is 0 Å². The monoisotopic (exact) mass is 376 g/mol. The van der Waals surface area contributed by atoms with Gasteiger partial charge in [0.25, 0.3) is 5.91 Å². The second-order valence-electron chi connectivity index (χ2n) is 6.71. The van der Waals surface area contributed by atoms with Crippen molar-refractivity contribution in [3.05, 3.63) is 71.4 Å². The van der Waals surface area contributed by atoms with Crippen molar-refractivity contribution in [2.75, 3.05) is 13.1 Å². The van der Waals surface area contributed by atoms with Crippen LogP contribution in [0.1, 0.15) is 28.4 Å². The molecule has 0 saturated carbocycles. The molecule has 2 aromatic carbocycles. The van der Waals surface area contributed by atoms with E-state index in [4.69, 9.17) is 0 Å². The van der Waals surface area contributed by atoms with E-state index in [1.807, 2.05) is 55.5 Å². The first-order valence-electron chi connectivity index (χ1n) is 9.21. The summed E-state index contributed by atoms with van der Waals surface area (Å²) in [6, 6.07) is 15.7. The molecular formula is C22H24N4O2. The second-order valence-corrected chi connectivity index (χ2v) is 6.71. The molecule has 0 bridgehead atoms. The van der Waals surface area contributed by atoms with Crippen LogP contribution in [-0.2, 0) is 4.79 Å². The Kier molecular flexibility index (Phi) is 5.89. The molecule has 2 N–H and O–H groups in total. The summed E-state index contributed by atoms with van der Waals surface area (Å²) in [7, 11) is 0. The molecule has 0 spiro atoms. The molecule has 144 valence electrons. The van der Waals surface area contributed by atoms with Gasteiger partial charge in [0.05, 0.1) is 11.3 Å². The Morgan fingerprint density at radius 3 is 2.36 bits per heavy atom. The van der Waals surface area contributed by atoms with Crippen molar-refractivity contribution in [2.45, 2.75) is 20.8 Å². The van der Waals surface area contributed by atoms with Crippen LogP contribution in [0, 0.1) is 13.8 Å². The zero-order valence-corrected chi connectivity index (χ0v) is 16.3. The molecule has 28 heavy (non-hydrogen) atoms. The third kappa shape index (κ3) is 4.46. The lowest BCUT2D eigenvalue weighted by atomic mass is 10.0. The number of nitrogens with zero attached hydrogens (tertiary/aromatic N) is 2. The van der Waals surface area contributed by atoms with Crippen LogP contribution in [0.25, 0.3) is 16.9 Å². The maximum atomic E-state index is 12.8. The van der Waals surface area contributed by atoms with Crippen molar-refractivity contribution in [3.63, 3.8) is 0 Å². The van der Waals surface area contributed by atoms with Gasteiger partial charge in [-0.2, -0.15) is 5.10 Å². The topological polar surface area (TPSA) is 76.0 Å². The van der Waals surface area contributed by atoms with Crippen LogP contribution in [0.5, 0.6) is 0 Å². The Morgan fingerprint density at radius 1 is 0.964 bits per heavy atom. The molecule has 2 amide bonds. The van der Waals surface area contributed by atoms with Gasteiger partial charge in [0, 0.05) is 31.8 Å². The van der Waals surface area contributed by atoms with E-state index in [-0.39, 0.29) is 11.8 Å². The van der Waals surface area contributed by atoms with Crippen LogP contribution in [0.4, 0.5) is 0 Å². The fourth-order valence-corrected chi connectivity index (χ4v) is 2.86. The molecule has 0 aliphatic heterocycles. The van der Waals surface area contributed by atoms with E-state index in [0.29, 0.717) is 24.3 Å². The Morgan fingerprint density at radius 2 is 1.68 bits per heavy atom. The summed E-state index contributed by atoms with van der Waals surface area (Å²) < 4.78 is 1.72. The fraction of sp³-hybridized carbons (Fsp3) is 0.227. The summed E-state index contributed by atoms with van der Waals surface area (Å²) in [6.45, 7) is 6.27. The molecule has 0 aliphatic rings. The Bertz CT molecular complexity index is 993. The number of aryl methyl sites for hydroxylation is 2. The number of amides is 2. The first kappa shape index (κ1) is 19.4. The number of aromatic nitrogens is 2. The number of hydrogen-bond donors (Lipinski definition) is 2. The molecule has 0 saturated heterocycles. The first-order valence-corrected chi connectivity index (χ1v) is 9.21. The Labute approximate surface area is 164 Å². The average molecular weight is 376 g/mol. The summed E-state index contributed by atoms with van der Waals surface area (Å²) in [5.41, 5.74) is 5.23. The number of benzene rings is 2. The Balaban J connectivity index is 1.94. The molecule has 3 rings (SSSR count). The minimum atomic E-state index is -0.222. The van der Waals surface area contributed by atoms with Crippen molar-refractivity contribution >= 4 is 11.8 Å². The van der Waals surface area contributed by atoms with Gasteiger partial charge in [0.1, 0.15) is 5.69 Å². The summed E-state index contributed by atoms with van der Waals surface area (Å²) in [5.74, 6) is -0.345. The normalized spacial score (nSPS) is 10.5. The third-order valence-electron chi connectivity index (χ3n) is 4.54. The maximum Gasteiger partial charge on any atom is 0.255 e. The Hall–Kier alpha value is -3.41. The summed E-state index contributed by atoms with van der Waals surface area (Å²) >= 11 is 0. The van der Waals surface area contributed by atoms with Crippen molar-refractivity contribution < 1.29 is 9.59 Å². The van der Waals surface area contributed by atoms with Gasteiger partial charge in [-0.25, -0.2) is 4.68 Å². The van der Waals surface area contributed by atoms with Crippen molar-refractivity contribution in [2.24, 2.45) is 0 Å². The minimum Gasteiger partial charge on any atom is -0.355 e. The van der Waals surface area contributed by atoms with Crippen LogP contribution < -0.4 is 10.6 Å². The second kappa shape index (κ2) is 8.52. The smallest absolute Gasteiger partial charge is 0.255 e. The van der Waals surface area contributed by atoms with E-state index in [1.165, 1.54) is 12.5 Å². The van der Waals surface area contributed by atoms with E-state index in [1.54, 1.807) is 10.9 Å².